The van der Waals surface area contributed by atoms with Gasteiger partial charge in [-0.25, -0.2) is 9.59 Å². The Morgan fingerprint density at radius 2 is 1.92 bits per heavy atom. The molecule has 7 heteroatoms. The third-order valence-corrected chi connectivity index (χ3v) is 11.3. The van der Waals surface area contributed by atoms with Crippen LogP contribution in [0.15, 0.2) is 43.0 Å². The number of ketones is 1. The molecule has 5 aliphatic carbocycles. The maximum Gasteiger partial charge on any atom is 0.344 e. The summed E-state index contributed by atoms with van der Waals surface area (Å²) >= 11 is 0. The molecular weight excluding hydrogens is 494 g/mol. The van der Waals surface area contributed by atoms with Crippen LogP contribution in [0, 0.1) is 51.2 Å². The minimum atomic E-state index is -1.04. The van der Waals surface area contributed by atoms with Gasteiger partial charge in [0.25, 0.3) is 0 Å². The molecule has 1 unspecified atom stereocenters. The Hall–Kier alpha value is -3.24. The lowest BCUT2D eigenvalue weighted by atomic mass is 9.27. The molecule has 9 atom stereocenters. The number of aliphatic hydroxyl groups is 1. The van der Waals surface area contributed by atoms with Crippen LogP contribution >= 0.6 is 0 Å². The second-order valence-corrected chi connectivity index (χ2v) is 12.6. The van der Waals surface area contributed by atoms with Crippen LogP contribution < -0.4 is 0 Å². The van der Waals surface area contributed by atoms with E-state index in [1.807, 2.05) is 13.0 Å². The van der Waals surface area contributed by atoms with Crippen molar-refractivity contribution in [1.82, 2.24) is 0 Å². The molecule has 1 N–H and O–H groups in total. The van der Waals surface area contributed by atoms with Crippen molar-refractivity contribution in [2.24, 2.45) is 39.9 Å². The van der Waals surface area contributed by atoms with Crippen LogP contribution in [0.3, 0.4) is 0 Å². The number of carbonyl (C=O) groups excluding carboxylic acids is 3. The smallest absolute Gasteiger partial charge is 0.344 e. The van der Waals surface area contributed by atoms with Gasteiger partial charge in [-0.1, -0.05) is 45.9 Å². The number of nitrogens with zero attached hydrogens (tertiary/aromatic N) is 1. The number of nitriles is 1. The average molecular weight is 532 g/mol. The monoisotopic (exact) mass is 531 g/mol. The number of ether oxygens (including phenoxy) is 2. The lowest BCUT2D eigenvalue weighted by Crippen LogP contribution is -2.82. The zero-order chi connectivity index (χ0) is 28.4. The highest BCUT2D eigenvalue weighted by Crippen LogP contribution is 2.81. The first-order valence-corrected chi connectivity index (χ1v) is 13.8. The summed E-state index contributed by atoms with van der Waals surface area (Å²) in [6.45, 7) is 11.8. The van der Waals surface area contributed by atoms with E-state index in [0.717, 1.165) is 12.8 Å². The van der Waals surface area contributed by atoms with Gasteiger partial charge in [0, 0.05) is 29.2 Å². The largest absolute Gasteiger partial charge is 0.459 e. The van der Waals surface area contributed by atoms with Gasteiger partial charge >= 0.3 is 11.9 Å². The third-order valence-electron chi connectivity index (χ3n) is 11.3. The highest BCUT2D eigenvalue weighted by Gasteiger charge is 2.83. The van der Waals surface area contributed by atoms with Gasteiger partial charge < -0.3 is 14.6 Å². The number of rotatable bonds is 6. The molecule has 0 radical (unpaired) electrons. The van der Waals surface area contributed by atoms with Crippen LogP contribution in [0.25, 0.3) is 6.08 Å². The molecule has 1 aromatic carbocycles. The second kappa shape index (κ2) is 9.16. The first kappa shape index (κ1) is 27.3. The molecule has 7 nitrogen and oxygen atoms in total. The topological polar surface area (TPSA) is 114 Å². The van der Waals surface area contributed by atoms with Crippen LogP contribution in [0.5, 0.6) is 0 Å². The number of Topliss-reactive ketones (excluding diaryl/α,β-unsaturated/α-hetero) is 1. The molecule has 1 spiro atoms. The molecule has 4 bridgehead atoms. The average Bonchev–Trinajstić information content (AvgIpc) is 3.30. The molecule has 0 aliphatic heterocycles. The summed E-state index contributed by atoms with van der Waals surface area (Å²) in [4.78, 5) is 38.8. The van der Waals surface area contributed by atoms with E-state index in [1.165, 1.54) is 6.08 Å². The maximum atomic E-state index is 13.5. The summed E-state index contributed by atoms with van der Waals surface area (Å²) in [5.41, 5.74) is -1.44. The van der Waals surface area contributed by atoms with Gasteiger partial charge in [0.15, 0.2) is 6.61 Å². The van der Waals surface area contributed by atoms with Crippen LogP contribution in [-0.2, 0) is 23.9 Å². The molecular formula is C32H37NO6. The standard InChI is InChI=1S/C32H37NO6/c1-6-29(4)16-25(39-27(36)18-38-26(35)12-11-21-7-9-22(17-33)10-8-21)30(5)19(2)15-24-31(20(3)32(24,29)37)14-13-23(34)28(30)31/h6-12,19-20,24-25,28,37H,1,13-16,18H2,2-5H3/b12-11+/t19-,20-,24?,25-,28+,29-,30+,31+,32+/m1/s1. The summed E-state index contributed by atoms with van der Waals surface area (Å²) in [6, 6.07) is 8.73. The van der Waals surface area contributed by atoms with Gasteiger partial charge in [-0.3, -0.25) is 4.79 Å². The van der Waals surface area contributed by atoms with Crippen LogP contribution in [0.2, 0.25) is 0 Å². The van der Waals surface area contributed by atoms with Crippen molar-refractivity contribution in [1.29, 1.82) is 5.26 Å². The Morgan fingerprint density at radius 1 is 1.23 bits per heavy atom. The fourth-order valence-electron chi connectivity index (χ4n) is 9.10. The summed E-state index contributed by atoms with van der Waals surface area (Å²) in [5, 5.41) is 21.1. The molecule has 39 heavy (non-hydrogen) atoms. The molecule has 1 aromatic rings. The van der Waals surface area contributed by atoms with E-state index in [2.05, 4.69) is 27.4 Å². The lowest BCUT2D eigenvalue weighted by molar-refractivity contribution is -0.360. The van der Waals surface area contributed by atoms with Gasteiger partial charge in [-0.05, 0) is 66.2 Å². The molecule has 0 aromatic heterocycles. The summed E-state index contributed by atoms with van der Waals surface area (Å²) in [6.07, 6.45) is 6.24. The van der Waals surface area contributed by atoms with Crippen molar-refractivity contribution >= 4 is 23.8 Å². The highest BCUT2D eigenvalue weighted by molar-refractivity contribution is 5.89. The minimum absolute atomic E-state index is 0.00280. The molecule has 0 amide bonds. The Kier molecular flexibility index (Phi) is 6.42. The first-order valence-electron chi connectivity index (χ1n) is 13.8. The highest BCUT2D eigenvalue weighted by atomic mass is 16.6. The van der Waals surface area contributed by atoms with Crippen molar-refractivity contribution in [2.75, 3.05) is 6.61 Å². The lowest BCUT2D eigenvalue weighted by Gasteiger charge is -2.78. The molecule has 6 rings (SSSR count). The summed E-state index contributed by atoms with van der Waals surface area (Å²) in [7, 11) is 0. The second-order valence-electron chi connectivity index (χ2n) is 12.6. The number of fused-ring (bicyclic) bond motifs is 3. The maximum absolute atomic E-state index is 13.5. The van der Waals surface area contributed by atoms with E-state index in [1.54, 1.807) is 36.4 Å². The van der Waals surface area contributed by atoms with Gasteiger partial charge in [-0.2, -0.15) is 5.26 Å². The first-order chi connectivity index (χ1) is 18.4. The van der Waals surface area contributed by atoms with E-state index in [-0.39, 0.29) is 34.9 Å². The third kappa shape index (κ3) is 3.60. The predicted octanol–water partition coefficient (Wildman–Crippen LogP) is 4.63. The molecule has 5 fully saturated rings. The van der Waals surface area contributed by atoms with Gasteiger partial charge in [-0.15, -0.1) is 6.58 Å². The zero-order valence-corrected chi connectivity index (χ0v) is 23.1. The van der Waals surface area contributed by atoms with E-state index in [9.17, 15) is 19.5 Å². The fourth-order valence-corrected chi connectivity index (χ4v) is 9.10. The van der Waals surface area contributed by atoms with Gasteiger partial charge in [0.1, 0.15) is 11.9 Å². The van der Waals surface area contributed by atoms with E-state index < -0.39 is 41.1 Å². The number of benzene rings is 1. The van der Waals surface area contributed by atoms with Crippen molar-refractivity contribution in [3.05, 3.63) is 54.1 Å². The number of hydrogen-bond acceptors (Lipinski definition) is 7. The summed E-state index contributed by atoms with van der Waals surface area (Å²) < 4.78 is 11.3. The van der Waals surface area contributed by atoms with E-state index in [0.29, 0.717) is 24.0 Å². The Morgan fingerprint density at radius 3 is 2.56 bits per heavy atom. The van der Waals surface area contributed by atoms with Crippen LogP contribution in [-0.4, -0.2) is 41.1 Å². The Labute approximate surface area is 229 Å². The molecule has 5 aliphatic rings. The van der Waals surface area contributed by atoms with E-state index in [4.69, 9.17) is 14.7 Å². The molecule has 0 heterocycles. The van der Waals surface area contributed by atoms with Crippen molar-refractivity contribution < 1.29 is 29.0 Å². The predicted molar refractivity (Wildman–Crippen MR) is 144 cm³/mol. The molecule has 206 valence electrons. The number of esters is 2. The van der Waals surface area contributed by atoms with E-state index >= 15 is 0 Å². The van der Waals surface area contributed by atoms with Crippen molar-refractivity contribution in [3.8, 4) is 6.07 Å². The fraction of sp³-hybridized carbons (Fsp3) is 0.562. The molecule has 0 saturated heterocycles. The van der Waals surface area contributed by atoms with Crippen LogP contribution in [0.4, 0.5) is 0 Å². The SMILES string of the molecule is C=C[C@]1(C)C[C@@H](OC(=O)COC(=O)/C=C/c2ccc(C#N)cc2)[C@]2(C)[C@H](C)CC3[C@]4(CCC(=O)[C@H]42)[C@@H](C)[C@]31O. The summed E-state index contributed by atoms with van der Waals surface area (Å²) in [5.74, 6) is -1.49. The normalized spacial score (nSPS) is 42.1. The van der Waals surface area contributed by atoms with Gasteiger partial charge in [0.05, 0.1) is 17.2 Å². The van der Waals surface area contributed by atoms with Crippen LogP contribution in [0.1, 0.15) is 64.5 Å². The van der Waals surface area contributed by atoms with Crippen molar-refractivity contribution in [2.45, 2.75) is 65.1 Å². The van der Waals surface area contributed by atoms with Gasteiger partial charge in [0.2, 0.25) is 0 Å². The Bertz CT molecular complexity index is 1290. The number of hydrogen-bond donors (Lipinski definition) is 1. The zero-order valence-electron chi connectivity index (χ0n) is 23.1. The van der Waals surface area contributed by atoms with Crippen molar-refractivity contribution in [3.63, 3.8) is 0 Å². The quantitative estimate of drug-likeness (QED) is 0.323. The Balaban J connectivity index is 1.35. The minimum Gasteiger partial charge on any atom is -0.459 e. The molecule has 5 saturated carbocycles. The number of carbonyl (C=O) groups is 3.